The van der Waals surface area contributed by atoms with Crippen LogP contribution in [0.1, 0.15) is 99.6 Å². The topological polar surface area (TPSA) is 377 Å². The van der Waals surface area contributed by atoms with E-state index in [9.17, 15) is 33.6 Å². The highest BCUT2D eigenvalue weighted by molar-refractivity contribution is 9.09. The number of benzene rings is 9. The smallest absolute Gasteiger partial charge is 0.407 e. The first-order valence-electron chi connectivity index (χ1n) is 42.6. The maximum atomic E-state index is 15.9. The highest BCUT2D eigenvalue weighted by Crippen LogP contribution is 2.42. The Morgan fingerprint density at radius 1 is 0.306 bits per heavy atom. The van der Waals surface area contributed by atoms with Gasteiger partial charge < -0.3 is 105 Å². The molecule has 4 fully saturated rings. The molecular weight excluding hydrogens is 1870 g/mol. The molecule has 134 heavy (non-hydrogen) atoms. The Balaban J connectivity index is 1.03. The van der Waals surface area contributed by atoms with Crippen LogP contribution in [0, 0.1) is 0 Å². The van der Waals surface area contributed by atoms with Gasteiger partial charge in [0.1, 0.15) is 87.4 Å². The molecule has 13 rings (SSSR count). The Kier molecular flexibility index (Phi) is 36.9. The first kappa shape index (κ1) is 99.9. The molecule has 0 bridgehead atoms. The number of hydrogen-bond acceptors (Lipinski definition) is 31. The van der Waals surface area contributed by atoms with Crippen molar-refractivity contribution in [2.75, 3.05) is 45.0 Å². The van der Waals surface area contributed by atoms with Crippen LogP contribution in [0.2, 0.25) is 0 Å². The van der Waals surface area contributed by atoms with Gasteiger partial charge in [0.15, 0.2) is 61.8 Å². The van der Waals surface area contributed by atoms with Crippen LogP contribution in [0.5, 0.6) is 0 Å². The second kappa shape index (κ2) is 49.6. The third-order valence-electron chi connectivity index (χ3n) is 21.1. The van der Waals surface area contributed by atoms with E-state index in [4.69, 9.17) is 134 Å². The molecule has 4 heterocycles. The number of alkyl halides is 4. The lowest BCUT2D eigenvalue weighted by atomic mass is 9.94. The fourth-order valence-corrected chi connectivity index (χ4v) is 15.3. The number of alkyl carbamates (subject to hydrolysis) is 1. The largest absolute Gasteiger partial charge is 0.463 e. The highest BCUT2D eigenvalue weighted by atomic mass is 79.9. The van der Waals surface area contributed by atoms with Gasteiger partial charge in [0.25, 0.3) is 0 Å². The third-order valence-corrected chi connectivity index (χ3v) is 21.8. The van der Waals surface area contributed by atoms with Crippen molar-refractivity contribution in [3.05, 3.63) is 323 Å². The minimum atomic E-state index is -2.31. The molecule has 0 unspecified atom stereocenters. The van der Waals surface area contributed by atoms with Crippen molar-refractivity contribution < 1.29 is 147 Å². The molecule has 36 heteroatoms. The number of halogens is 4. The quantitative estimate of drug-likeness (QED) is 0.0212. The van der Waals surface area contributed by atoms with Crippen LogP contribution in [-0.2, 0) is 134 Å². The molecule has 0 saturated carbocycles. The number of nitrogens with one attached hydrogen (secondary N) is 1. The highest BCUT2D eigenvalue weighted by Gasteiger charge is 2.62. The van der Waals surface area contributed by atoms with Gasteiger partial charge in [-0.3, -0.25) is 14.4 Å². The number of amides is 1. The second-order valence-corrected chi connectivity index (χ2v) is 34.1. The van der Waals surface area contributed by atoms with Crippen molar-refractivity contribution >= 4 is 111 Å². The van der Waals surface area contributed by atoms with Crippen molar-refractivity contribution in [3.63, 3.8) is 0 Å². The predicted octanol–water partition coefficient (Wildman–Crippen LogP) is 13.3. The Morgan fingerprint density at radius 2 is 0.627 bits per heavy atom. The summed E-state index contributed by atoms with van der Waals surface area (Å²) in [6, 6.07) is 70.5. The van der Waals surface area contributed by atoms with Crippen molar-refractivity contribution in [2.45, 2.75) is 167 Å². The van der Waals surface area contributed by atoms with E-state index >= 15 is 14.4 Å². The lowest BCUT2D eigenvalue weighted by Gasteiger charge is -2.52. The molecule has 0 aromatic heterocycles. The minimum Gasteiger partial charge on any atom is -0.463 e. The number of ether oxygens (including phenoxy) is 21. The monoisotopic (exact) mass is 1970 g/mol. The van der Waals surface area contributed by atoms with E-state index in [-0.39, 0.29) is 58.5 Å². The average Bonchev–Trinajstić information content (AvgIpc) is 0.869. The number of rotatable bonds is 39. The molecule has 9 aromatic carbocycles. The summed E-state index contributed by atoms with van der Waals surface area (Å²) >= 11 is 21.9. The first-order chi connectivity index (χ1) is 64.9. The van der Waals surface area contributed by atoms with Gasteiger partial charge in [-0.15, -0.1) is 0 Å². The molecule has 4 saturated heterocycles. The molecular formula is C98H95BrCl3NO31. The molecule has 0 spiro atoms. The zero-order valence-corrected chi connectivity index (χ0v) is 76.1. The van der Waals surface area contributed by atoms with Crippen molar-refractivity contribution in [2.24, 2.45) is 0 Å². The van der Waals surface area contributed by atoms with Gasteiger partial charge in [-0.2, -0.15) is 0 Å². The Bertz CT molecular complexity index is 5290. The summed E-state index contributed by atoms with van der Waals surface area (Å²) in [5, 5.41) is 2.75. The van der Waals surface area contributed by atoms with Crippen LogP contribution in [0.15, 0.2) is 273 Å². The van der Waals surface area contributed by atoms with Crippen LogP contribution < -0.4 is 5.32 Å². The van der Waals surface area contributed by atoms with E-state index in [0.717, 1.165) is 20.8 Å². The van der Waals surface area contributed by atoms with Crippen LogP contribution in [-0.4, -0.2) is 231 Å². The molecule has 0 radical (unpaired) electrons. The number of carbonyl (C=O) groups excluding carboxylic acids is 10. The normalized spacial score (nSPS) is 24.9. The summed E-state index contributed by atoms with van der Waals surface area (Å²) in [5.41, 5.74) is 1.54. The molecule has 20 atom stereocenters. The lowest BCUT2D eigenvalue weighted by Crippen LogP contribution is -2.70. The molecule has 9 aromatic rings. The molecule has 4 aliphatic heterocycles. The maximum absolute atomic E-state index is 15.9. The number of carbonyl (C=O) groups is 10. The molecule has 1 N–H and O–H groups in total. The van der Waals surface area contributed by atoms with Crippen LogP contribution in [0.25, 0.3) is 0 Å². The average molecular weight is 1970 g/mol. The zero-order chi connectivity index (χ0) is 94.5. The summed E-state index contributed by atoms with van der Waals surface area (Å²) in [5.74, 6) is -9.07. The Morgan fingerprint density at radius 3 is 1.02 bits per heavy atom. The van der Waals surface area contributed by atoms with Gasteiger partial charge in [0.2, 0.25) is 3.79 Å². The van der Waals surface area contributed by atoms with Gasteiger partial charge in [0, 0.05) is 26.1 Å². The van der Waals surface area contributed by atoms with E-state index < -0.39 is 226 Å². The lowest BCUT2D eigenvalue weighted by molar-refractivity contribution is -0.390. The fourth-order valence-electron chi connectivity index (χ4n) is 15.0. The Labute approximate surface area is 793 Å². The zero-order valence-electron chi connectivity index (χ0n) is 72.3. The number of hydrogen-bond donors (Lipinski definition) is 1. The standard InChI is InChI=1S/C98H95BrCl3NO31/c1-59(104)116-55-72-77(122-60(2)105)80(123-61(3)106)75(103-97(113)121-58-98(100,101)102)93(124-72)134-81-76(117-52-63-33-15-5-16-34-63)71(54-114-51-62-31-13-4-14-32-62)126-95(84(81)118-53-64-35-17-6-18-36-64)132-79-74(57-120-88(108)66-39-21-8-22-40-66)127-96(86(131-92(112)70-47-29-12-30-48-70)83(79)129-90(110)68-43-25-10-26-44-68)133-78-73(56-119-87(107)65-37-19-7-20-38-65)125-94(115-50-49-99)85(130-91(111)69-45-27-11-28-46-69)82(78)128-89(109)67-41-23-9-24-42-67/h4-48,71-86,93-96H,49-58H2,1-3H3,(H,103,113)/t71-,72-,73-,74-,75-,76+,77+,78-,79+,80-,81+,82+,83+,84-,85-,86-,93+,94-,95-,96+/m1/s1. The van der Waals surface area contributed by atoms with Crippen molar-refractivity contribution in [3.8, 4) is 0 Å². The maximum Gasteiger partial charge on any atom is 0.407 e. The van der Waals surface area contributed by atoms with E-state index in [0.29, 0.717) is 16.7 Å². The molecule has 32 nitrogen and oxygen atoms in total. The molecule has 4 aliphatic rings. The summed E-state index contributed by atoms with van der Waals surface area (Å²) in [6.07, 6.45) is -37.9. The Hall–Kier alpha value is -11.6. The van der Waals surface area contributed by atoms with Crippen molar-refractivity contribution in [1.29, 1.82) is 0 Å². The van der Waals surface area contributed by atoms with Gasteiger partial charge in [-0.05, 0) is 89.5 Å². The van der Waals surface area contributed by atoms with Gasteiger partial charge in [-0.1, -0.05) is 251 Å². The molecule has 0 aliphatic carbocycles. The molecule has 1 amide bonds. The van der Waals surface area contributed by atoms with Crippen LogP contribution >= 0.6 is 50.7 Å². The summed E-state index contributed by atoms with van der Waals surface area (Å²) in [6.45, 7) is -1.66. The van der Waals surface area contributed by atoms with E-state index in [1.54, 1.807) is 176 Å². The fraction of sp³-hybridized carbons (Fsp3) is 0.347. The summed E-state index contributed by atoms with van der Waals surface area (Å²) in [7, 11) is 0. The SMILES string of the molecule is CC(=O)OC[C@H]1O[C@@H](O[C@H]2[C@@H](OCc3ccccc3)[C@@H](COCc3ccccc3)O[C@H](O[C@@H]3[C@H](OC(=O)c4ccccc4)[C@@H](OC(=O)c4ccccc4)[C@H](O[C@H]4[C@H](OC(=O)c5ccccc5)[C@@H](OC(=O)c5ccccc5)[C@H](OCCBr)O[C@@H]4COC(=O)c4ccccc4)O[C@@H]3COC(=O)c3ccccc3)[C@@H]2OCc2ccccc2)[C@H](NC(=O)OCC(Cl)(Cl)Cl)[C@@H](OC(C)=O)[C@H]1OC(C)=O. The number of esters is 9. The van der Waals surface area contributed by atoms with Crippen LogP contribution in [0.4, 0.5) is 4.79 Å². The third kappa shape index (κ3) is 28.5. The first-order valence-corrected chi connectivity index (χ1v) is 44.8. The van der Waals surface area contributed by atoms with E-state index in [1.165, 1.54) is 97.1 Å². The summed E-state index contributed by atoms with van der Waals surface area (Å²) in [4.78, 5) is 146. The van der Waals surface area contributed by atoms with Crippen LogP contribution in [0.3, 0.4) is 0 Å². The molecule has 706 valence electrons. The van der Waals surface area contributed by atoms with Gasteiger partial charge in [-0.25, -0.2) is 33.6 Å². The van der Waals surface area contributed by atoms with Gasteiger partial charge >= 0.3 is 59.8 Å². The predicted molar refractivity (Wildman–Crippen MR) is 477 cm³/mol. The van der Waals surface area contributed by atoms with E-state index in [2.05, 4.69) is 21.2 Å². The second-order valence-electron chi connectivity index (χ2n) is 30.7. The van der Waals surface area contributed by atoms with E-state index in [1.807, 2.05) is 0 Å². The van der Waals surface area contributed by atoms with Gasteiger partial charge in [0.05, 0.1) is 66.4 Å². The van der Waals surface area contributed by atoms with Crippen molar-refractivity contribution in [1.82, 2.24) is 5.32 Å². The minimum absolute atomic E-state index is 0.00283. The summed E-state index contributed by atoms with van der Waals surface area (Å²) < 4.78 is 138.